The van der Waals surface area contributed by atoms with Gasteiger partial charge >= 0.3 is 0 Å². The van der Waals surface area contributed by atoms with Gasteiger partial charge in [-0.1, -0.05) is 166 Å². The first-order valence-corrected chi connectivity index (χ1v) is 28.1. The van der Waals surface area contributed by atoms with Gasteiger partial charge in [-0.25, -0.2) is 4.98 Å². The second-order valence-corrected chi connectivity index (χ2v) is 26.9. The molecule has 355 valence electrons. The van der Waals surface area contributed by atoms with Crippen LogP contribution in [0.1, 0.15) is 109 Å². The van der Waals surface area contributed by atoms with Crippen molar-refractivity contribution >= 4 is 67.9 Å². The minimum Gasteiger partial charge on any atom is -0.486 e. The maximum atomic E-state index is 6.73. The number of nitrogens with zero attached hydrogens (tertiary/aromatic N) is 4. The van der Waals surface area contributed by atoms with Crippen molar-refractivity contribution < 1.29 is 24.5 Å². The van der Waals surface area contributed by atoms with E-state index in [1.807, 2.05) is 24.3 Å². The molecule has 0 aliphatic rings. The molecule has 10 rings (SSSR count). The number of rotatable bonds is 9. The first-order chi connectivity index (χ1) is 32.4. The molecule has 0 amide bonds. The van der Waals surface area contributed by atoms with Crippen LogP contribution in [-0.2, 0) is 26.5 Å². The zero-order valence-electron chi connectivity index (χ0n) is 42.7. The molecule has 6 aromatic carbocycles. The van der Waals surface area contributed by atoms with E-state index in [4.69, 9.17) is 14.4 Å². The zero-order valence-corrected chi connectivity index (χ0v) is 46.1. The molecule has 0 saturated carbocycles. The van der Waals surface area contributed by atoms with Crippen LogP contribution in [0.15, 0.2) is 132 Å². The summed E-state index contributed by atoms with van der Waals surface area (Å²) in [7, 11) is -1.34. The number of benzene rings is 6. The number of furan rings is 1. The second kappa shape index (κ2) is 19.6. The molecule has 10 aromatic rings. The Hall–Kier alpha value is -5.72. The Labute approximate surface area is 424 Å². The second-order valence-electron chi connectivity index (χ2n) is 21.9. The van der Waals surface area contributed by atoms with Crippen LogP contribution in [-0.4, -0.2) is 27.6 Å². The molecule has 1 radical (unpaired) electrons. The van der Waals surface area contributed by atoms with E-state index in [0.29, 0.717) is 17.5 Å². The van der Waals surface area contributed by atoms with Gasteiger partial charge in [0.25, 0.3) is 0 Å². The van der Waals surface area contributed by atoms with Crippen molar-refractivity contribution in [3.63, 3.8) is 0 Å². The minimum atomic E-state index is -1.34. The molecule has 4 heterocycles. The Morgan fingerprint density at radius 2 is 1.35 bits per heavy atom. The number of pyridine rings is 2. The van der Waals surface area contributed by atoms with Gasteiger partial charge in [0.2, 0.25) is 5.71 Å². The van der Waals surface area contributed by atoms with Crippen molar-refractivity contribution in [1.82, 2.24) is 19.5 Å². The van der Waals surface area contributed by atoms with Gasteiger partial charge < -0.3 is 14.0 Å². The predicted molar refractivity (Wildman–Crippen MR) is 292 cm³/mol. The molecule has 0 spiro atoms. The summed E-state index contributed by atoms with van der Waals surface area (Å²) in [6.07, 6.45) is 3.24. The Kier molecular flexibility index (Phi) is 14.1. The van der Waals surface area contributed by atoms with Gasteiger partial charge in [-0.2, -0.15) is 0 Å². The van der Waals surface area contributed by atoms with Crippen LogP contribution in [0.3, 0.4) is 0 Å². The van der Waals surface area contributed by atoms with Gasteiger partial charge in [0.1, 0.15) is 0 Å². The van der Waals surface area contributed by atoms with Crippen molar-refractivity contribution in [2.24, 2.45) is 11.3 Å². The van der Waals surface area contributed by atoms with Crippen LogP contribution < -0.4 is 5.19 Å². The molecule has 4 aromatic heterocycles. The van der Waals surface area contributed by atoms with Gasteiger partial charge in [-0.3, -0.25) is 4.98 Å². The Balaban J connectivity index is 0.000000257. The summed E-state index contributed by atoms with van der Waals surface area (Å²) in [5, 5.41) is 8.50. The number of imidazole rings is 1. The Bertz CT molecular complexity index is 3460. The van der Waals surface area contributed by atoms with Crippen LogP contribution in [0.2, 0.25) is 19.6 Å². The molecule has 1 atom stereocenters. The van der Waals surface area contributed by atoms with Crippen LogP contribution in [0.4, 0.5) is 0 Å². The van der Waals surface area contributed by atoms with Gasteiger partial charge in [-0.05, 0) is 92.0 Å². The molecule has 1 unspecified atom stereocenters. The molecule has 69 heavy (non-hydrogen) atoms. The molecular weight excluding hydrogens is 1040 g/mol. The normalized spacial score (nSPS) is 12.7. The van der Waals surface area contributed by atoms with E-state index in [1.165, 1.54) is 49.1 Å². The van der Waals surface area contributed by atoms with Gasteiger partial charge in [0, 0.05) is 48.7 Å². The molecule has 0 saturated heterocycles. The van der Waals surface area contributed by atoms with E-state index in [9.17, 15) is 0 Å². The standard InChI is InChI=1S/C44H42N3O.C18H24NSi.Ir/c1-25(2)28-20-22-37-38(24-28)47(40-32-17-12-10-15-30(32)29-14-9-11-16-31(29)39(40)26(3)4)42(45-37)35-19-13-18-33-34-21-23-36(27(5)44(6,7)8)46-43(34)48-41(33)35;1-14(2)11-16-12-17(15-9-7-6-8-10-15)19-13-18(16)20(3,4)5;/h9-18,20-27H,1-8H3;6-9,12-14H,11H2,1-5H3;/q2*-1;. The van der Waals surface area contributed by atoms with E-state index < -0.39 is 8.07 Å². The summed E-state index contributed by atoms with van der Waals surface area (Å²) in [4.78, 5) is 15.2. The molecule has 7 heteroatoms. The van der Waals surface area contributed by atoms with Gasteiger partial charge in [-0.15, -0.1) is 54.1 Å². The maximum Gasteiger partial charge on any atom is 0.216 e. The fourth-order valence-corrected chi connectivity index (χ4v) is 11.4. The van der Waals surface area contributed by atoms with Crippen molar-refractivity contribution in [2.75, 3.05) is 0 Å². The molecule has 0 aliphatic carbocycles. The summed E-state index contributed by atoms with van der Waals surface area (Å²) < 4.78 is 9.12. The molecular formula is C62H66IrN4OSi-2. The smallest absolute Gasteiger partial charge is 0.216 e. The summed E-state index contributed by atoms with van der Waals surface area (Å²) >= 11 is 0. The summed E-state index contributed by atoms with van der Waals surface area (Å²) in [5.74, 6) is 2.39. The zero-order chi connectivity index (χ0) is 48.2. The largest absolute Gasteiger partial charge is 0.486 e. The van der Waals surface area contributed by atoms with Crippen molar-refractivity contribution in [3.05, 3.63) is 162 Å². The monoisotopic (exact) mass is 1100 g/mol. The first-order valence-electron chi connectivity index (χ1n) is 24.6. The van der Waals surface area contributed by atoms with E-state index in [1.54, 1.807) is 0 Å². The van der Waals surface area contributed by atoms with Crippen molar-refractivity contribution in [1.29, 1.82) is 0 Å². The number of fused-ring (bicyclic) bond motifs is 7. The maximum absolute atomic E-state index is 6.73. The van der Waals surface area contributed by atoms with Crippen LogP contribution in [0.25, 0.3) is 83.0 Å². The molecule has 0 fully saturated rings. The van der Waals surface area contributed by atoms with Crippen LogP contribution >= 0.6 is 0 Å². The number of hydrogen-bond acceptors (Lipinski definition) is 4. The molecule has 0 N–H and O–H groups in total. The quantitative estimate of drug-likeness (QED) is 0.0821. The van der Waals surface area contributed by atoms with E-state index in [-0.39, 0.29) is 37.4 Å². The van der Waals surface area contributed by atoms with Crippen LogP contribution in [0.5, 0.6) is 0 Å². The summed E-state index contributed by atoms with van der Waals surface area (Å²) in [6.45, 7) is 29.8. The van der Waals surface area contributed by atoms with E-state index in [2.05, 4.69) is 214 Å². The van der Waals surface area contributed by atoms with Gasteiger partial charge in [0.15, 0.2) is 0 Å². The SMILES string of the molecule is CC(C)Cc1cc(-c2[c-]cccc2)ncc1[Si](C)(C)C.CC(C)c1ccc2nc(-c3[c-]ccc4c3oc3nc(C(C)C(C)(C)C)ccc34)n(-c3c(C(C)C)c4ccccc4c4ccccc34)c2c1.[Ir]. The predicted octanol–water partition coefficient (Wildman–Crippen LogP) is 16.8. The summed E-state index contributed by atoms with van der Waals surface area (Å²) in [5.41, 5.74) is 12.8. The average molecular weight is 1100 g/mol. The van der Waals surface area contributed by atoms with Gasteiger partial charge in [0.05, 0.1) is 36.2 Å². The van der Waals surface area contributed by atoms with Crippen molar-refractivity contribution in [2.45, 2.75) is 113 Å². The van der Waals surface area contributed by atoms with E-state index in [0.717, 1.165) is 62.1 Å². The summed E-state index contributed by atoms with van der Waals surface area (Å²) in [6, 6.07) is 49.9. The Morgan fingerprint density at radius 1 is 0.667 bits per heavy atom. The number of aromatic nitrogens is 4. The van der Waals surface area contributed by atoms with Crippen LogP contribution in [0, 0.1) is 23.5 Å². The fraction of sp³-hybridized carbons (Fsp3) is 0.306. The Morgan fingerprint density at radius 3 is 1.99 bits per heavy atom. The molecule has 0 bridgehead atoms. The number of hydrogen-bond donors (Lipinski definition) is 0. The third kappa shape index (κ3) is 9.63. The third-order valence-electron chi connectivity index (χ3n) is 13.8. The minimum absolute atomic E-state index is 0. The van der Waals surface area contributed by atoms with E-state index >= 15 is 0 Å². The van der Waals surface area contributed by atoms with Crippen molar-refractivity contribution in [3.8, 4) is 28.3 Å². The topological polar surface area (TPSA) is 56.7 Å². The molecule has 0 aliphatic heterocycles. The third-order valence-corrected chi connectivity index (χ3v) is 15.9. The average Bonchev–Trinajstić information content (AvgIpc) is 3.88. The molecule has 5 nitrogen and oxygen atoms in total. The first kappa shape index (κ1) is 49.7. The fourth-order valence-electron chi connectivity index (χ4n) is 9.79.